The van der Waals surface area contributed by atoms with E-state index in [1.165, 1.54) is 24.5 Å². The third-order valence-corrected chi connectivity index (χ3v) is 7.35. The van der Waals surface area contributed by atoms with E-state index in [4.69, 9.17) is 9.40 Å². The molecule has 192 valence electrons. The number of hydrogen-bond donors (Lipinski definition) is 1. The van der Waals surface area contributed by atoms with E-state index in [0.29, 0.717) is 30.1 Å². The van der Waals surface area contributed by atoms with Gasteiger partial charge in [-0.1, -0.05) is 19.9 Å². The van der Waals surface area contributed by atoms with Crippen LogP contribution in [0.1, 0.15) is 75.0 Å². The van der Waals surface area contributed by atoms with Gasteiger partial charge in [0.05, 0.1) is 46.1 Å². The number of aliphatic hydroxyl groups excluding tert-OH is 1. The molecule has 7 nitrogen and oxygen atoms in total. The zero-order chi connectivity index (χ0) is 26.2. The topological polar surface area (TPSA) is 97.8 Å². The maximum atomic E-state index is 14.6. The summed E-state index contributed by atoms with van der Waals surface area (Å²) in [4.78, 5) is 13.8. The normalized spacial score (nSPS) is 20.0. The second-order valence-corrected chi connectivity index (χ2v) is 9.70. The van der Waals surface area contributed by atoms with E-state index >= 15 is 0 Å². The van der Waals surface area contributed by atoms with E-state index in [1.807, 2.05) is 0 Å². The Morgan fingerprint density at radius 3 is 2.59 bits per heavy atom. The first kappa shape index (κ1) is 25.1. The van der Waals surface area contributed by atoms with Gasteiger partial charge in [-0.15, -0.1) is 5.10 Å². The summed E-state index contributed by atoms with van der Waals surface area (Å²) in [5, 5.41) is 18.6. The van der Waals surface area contributed by atoms with Crippen molar-refractivity contribution < 1.29 is 18.3 Å². The van der Waals surface area contributed by atoms with Crippen LogP contribution < -0.4 is 0 Å². The maximum Gasteiger partial charge on any atom is 0.246 e. The minimum absolute atomic E-state index is 0.168. The third-order valence-electron chi connectivity index (χ3n) is 7.35. The fourth-order valence-electron chi connectivity index (χ4n) is 5.37. The summed E-state index contributed by atoms with van der Waals surface area (Å²) in [6, 6.07) is 5.58. The molecule has 1 aliphatic rings. The first-order valence-corrected chi connectivity index (χ1v) is 12.6. The molecule has 37 heavy (non-hydrogen) atoms. The summed E-state index contributed by atoms with van der Waals surface area (Å²) < 4.78 is 34.7. The predicted molar refractivity (Wildman–Crippen MR) is 134 cm³/mol. The SMILES string of the molecule is CC[C@H]1CC[C@](CC)(c2cncc(-c3nc(C[C@@H](C)O)co3)n2)c2nnc(-c3c(F)cccc3F)cc21. The summed E-state index contributed by atoms with van der Waals surface area (Å²) >= 11 is 0. The summed E-state index contributed by atoms with van der Waals surface area (Å²) in [6.45, 7) is 5.87. The minimum atomic E-state index is -0.667. The predicted octanol–water partition coefficient (Wildman–Crippen LogP) is 5.77. The van der Waals surface area contributed by atoms with Crippen LogP contribution >= 0.6 is 0 Å². The molecule has 0 saturated carbocycles. The molecule has 3 heterocycles. The molecule has 1 N–H and O–H groups in total. The molecule has 0 radical (unpaired) electrons. The first-order chi connectivity index (χ1) is 17.9. The number of aromatic nitrogens is 5. The molecule has 0 spiro atoms. The van der Waals surface area contributed by atoms with Gasteiger partial charge in [-0.2, -0.15) is 5.10 Å². The molecule has 0 saturated heterocycles. The summed E-state index contributed by atoms with van der Waals surface area (Å²) in [5.41, 5.74) is 2.99. The Morgan fingerprint density at radius 1 is 1.11 bits per heavy atom. The molecule has 1 aliphatic carbocycles. The Bertz CT molecular complexity index is 1400. The molecule has 0 bridgehead atoms. The van der Waals surface area contributed by atoms with E-state index in [1.54, 1.807) is 25.4 Å². The van der Waals surface area contributed by atoms with Gasteiger partial charge in [-0.05, 0) is 62.3 Å². The lowest BCUT2D eigenvalue weighted by molar-refractivity contribution is 0.194. The van der Waals surface area contributed by atoms with Crippen LogP contribution in [0.25, 0.3) is 22.8 Å². The quantitative estimate of drug-likeness (QED) is 0.340. The molecule has 5 rings (SSSR count). The standard InChI is InChI=1S/C28H29F2N5O2/c1-4-17-9-10-28(5-2,24-14-31-13-23(33-24)27-32-18(15-37-27)11-16(3)36)26-19(17)12-22(34-35-26)25-20(29)7-6-8-21(25)30/h6-8,12-17,36H,4-5,9-11H2,1-3H3/t16-,17+,28-/m1/s1. The number of rotatable bonds is 7. The highest BCUT2D eigenvalue weighted by Gasteiger charge is 2.43. The van der Waals surface area contributed by atoms with Crippen LogP contribution in [0, 0.1) is 11.6 Å². The van der Waals surface area contributed by atoms with Crippen molar-refractivity contribution in [2.75, 3.05) is 0 Å². The van der Waals surface area contributed by atoms with E-state index < -0.39 is 23.2 Å². The second kappa shape index (κ2) is 10.0. The smallest absolute Gasteiger partial charge is 0.246 e. The Balaban J connectivity index is 1.60. The zero-order valence-electron chi connectivity index (χ0n) is 21.1. The number of hydrogen-bond acceptors (Lipinski definition) is 7. The van der Waals surface area contributed by atoms with Gasteiger partial charge in [0.2, 0.25) is 5.89 Å². The molecular weight excluding hydrogens is 476 g/mol. The number of aliphatic hydroxyl groups is 1. The molecule has 0 fully saturated rings. The van der Waals surface area contributed by atoms with E-state index in [9.17, 15) is 13.9 Å². The van der Waals surface area contributed by atoms with Crippen molar-refractivity contribution in [3.63, 3.8) is 0 Å². The first-order valence-electron chi connectivity index (χ1n) is 12.6. The van der Waals surface area contributed by atoms with Gasteiger partial charge < -0.3 is 9.52 Å². The Labute approximate surface area is 214 Å². The molecule has 3 atom stereocenters. The average molecular weight is 506 g/mol. The van der Waals surface area contributed by atoms with Crippen molar-refractivity contribution in [1.29, 1.82) is 0 Å². The van der Waals surface area contributed by atoms with E-state index in [0.717, 1.165) is 36.2 Å². The van der Waals surface area contributed by atoms with Gasteiger partial charge in [-0.3, -0.25) is 4.98 Å². The monoisotopic (exact) mass is 505 g/mol. The van der Waals surface area contributed by atoms with Crippen molar-refractivity contribution in [2.24, 2.45) is 0 Å². The molecule has 9 heteroatoms. The summed E-state index contributed by atoms with van der Waals surface area (Å²) in [6.07, 6.45) is 7.89. The molecular formula is C28H29F2N5O2. The van der Waals surface area contributed by atoms with Crippen LogP contribution in [-0.2, 0) is 11.8 Å². The lowest BCUT2D eigenvalue weighted by Gasteiger charge is -2.39. The summed E-state index contributed by atoms with van der Waals surface area (Å²) in [5.74, 6) is -0.821. The Morgan fingerprint density at radius 2 is 1.89 bits per heavy atom. The minimum Gasteiger partial charge on any atom is -0.443 e. The number of benzene rings is 1. The molecule has 0 unspecified atom stereocenters. The Hall–Kier alpha value is -3.59. The van der Waals surface area contributed by atoms with Crippen LogP contribution in [-0.4, -0.2) is 36.4 Å². The number of oxazole rings is 1. The summed E-state index contributed by atoms with van der Waals surface area (Å²) in [7, 11) is 0. The highest BCUT2D eigenvalue weighted by atomic mass is 19.1. The van der Waals surface area contributed by atoms with Gasteiger partial charge in [-0.25, -0.2) is 18.7 Å². The van der Waals surface area contributed by atoms with Crippen LogP contribution in [0.4, 0.5) is 8.78 Å². The lowest BCUT2D eigenvalue weighted by Crippen LogP contribution is -2.36. The number of fused-ring (bicyclic) bond motifs is 1. The Kier molecular flexibility index (Phi) is 6.81. The van der Waals surface area contributed by atoms with Gasteiger partial charge >= 0.3 is 0 Å². The molecule has 0 aliphatic heterocycles. The van der Waals surface area contributed by atoms with Crippen LogP contribution in [0.5, 0.6) is 0 Å². The van der Waals surface area contributed by atoms with E-state index in [-0.39, 0.29) is 17.2 Å². The highest BCUT2D eigenvalue weighted by Crippen LogP contribution is 2.49. The van der Waals surface area contributed by atoms with Gasteiger partial charge in [0.15, 0.2) is 0 Å². The van der Waals surface area contributed by atoms with Gasteiger partial charge in [0.1, 0.15) is 23.6 Å². The fraction of sp³-hybridized carbons (Fsp3) is 0.393. The van der Waals surface area contributed by atoms with Crippen molar-refractivity contribution >= 4 is 0 Å². The van der Waals surface area contributed by atoms with E-state index in [2.05, 4.69) is 34.0 Å². The molecule has 3 aromatic heterocycles. The largest absolute Gasteiger partial charge is 0.443 e. The fourth-order valence-corrected chi connectivity index (χ4v) is 5.37. The van der Waals surface area contributed by atoms with Crippen LogP contribution in [0.3, 0.4) is 0 Å². The van der Waals surface area contributed by atoms with Gasteiger partial charge in [0, 0.05) is 12.6 Å². The molecule has 0 amide bonds. The highest BCUT2D eigenvalue weighted by molar-refractivity contribution is 5.62. The second-order valence-electron chi connectivity index (χ2n) is 9.70. The maximum absolute atomic E-state index is 14.6. The lowest BCUT2D eigenvalue weighted by atomic mass is 9.65. The van der Waals surface area contributed by atoms with Crippen molar-refractivity contribution in [1.82, 2.24) is 25.1 Å². The number of nitrogens with zero attached hydrogens (tertiary/aromatic N) is 5. The molecule has 4 aromatic rings. The van der Waals surface area contributed by atoms with Gasteiger partial charge in [0.25, 0.3) is 0 Å². The molecule has 1 aromatic carbocycles. The van der Waals surface area contributed by atoms with Crippen LogP contribution in [0.15, 0.2) is 47.3 Å². The van der Waals surface area contributed by atoms with Crippen LogP contribution in [0.2, 0.25) is 0 Å². The van der Waals surface area contributed by atoms with Crippen molar-refractivity contribution in [3.8, 4) is 22.8 Å². The third kappa shape index (κ3) is 4.52. The average Bonchev–Trinajstić information content (AvgIpc) is 3.36. The van der Waals surface area contributed by atoms with Crippen molar-refractivity contribution in [3.05, 3.63) is 77.2 Å². The zero-order valence-corrected chi connectivity index (χ0v) is 21.1. The van der Waals surface area contributed by atoms with Crippen molar-refractivity contribution in [2.45, 2.75) is 70.3 Å². The number of halogens is 2.